The highest BCUT2D eigenvalue weighted by molar-refractivity contribution is 5.75. The standard InChI is InChI=1S/C17H25NO2/c1-3-14-6-4-5-7-16(14)20-17(19)12-18-15-10-8-13(2)9-11-15/h8-11,14,16,18H,3-7,12H2,1-2H3. The Balaban J connectivity index is 1.78. The minimum atomic E-state index is -0.143. The molecule has 0 heterocycles. The topological polar surface area (TPSA) is 38.3 Å². The summed E-state index contributed by atoms with van der Waals surface area (Å²) < 4.78 is 5.64. The van der Waals surface area contributed by atoms with Crippen molar-refractivity contribution >= 4 is 11.7 Å². The molecule has 1 fully saturated rings. The molecule has 1 aliphatic rings. The van der Waals surface area contributed by atoms with Gasteiger partial charge in [0.05, 0.1) is 0 Å². The molecule has 0 spiro atoms. The number of nitrogens with one attached hydrogen (secondary N) is 1. The number of benzene rings is 1. The van der Waals surface area contributed by atoms with Crippen molar-refractivity contribution in [3.8, 4) is 0 Å². The molecule has 1 saturated carbocycles. The molecular weight excluding hydrogens is 250 g/mol. The SMILES string of the molecule is CCC1CCCCC1OC(=O)CNc1ccc(C)cc1. The fourth-order valence-corrected chi connectivity index (χ4v) is 2.85. The average molecular weight is 275 g/mol. The quantitative estimate of drug-likeness (QED) is 0.828. The van der Waals surface area contributed by atoms with Gasteiger partial charge in [-0.2, -0.15) is 0 Å². The van der Waals surface area contributed by atoms with Gasteiger partial charge in [0.2, 0.25) is 0 Å². The van der Waals surface area contributed by atoms with Crippen molar-refractivity contribution in [2.75, 3.05) is 11.9 Å². The lowest BCUT2D eigenvalue weighted by atomic mass is 9.85. The van der Waals surface area contributed by atoms with E-state index in [1.54, 1.807) is 0 Å². The molecule has 0 saturated heterocycles. The van der Waals surface area contributed by atoms with Crippen LogP contribution >= 0.6 is 0 Å². The number of hydrogen-bond acceptors (Lipinski definition) is 3. The van der Waals surface area contributed by atoms with Crippen molar-refractivity contribution in [3.63, 3.8) is 0 Å². The minimum Gasteiger partial charge on any atom is -0.461 e. The van der Waals surface area contributed by atoms with E-state index in [0.717, 1.165) is 18.5 Å². The zero-order chi connectivity index (χ0) is 14.4. The van der Waals surface area contributed by atoms with Crippen LogP contribution in [0.5, 0.6) is 0 Å². The summed E-state index contributed by atoms with van der Waals surface area (Å²) in [4.78, 5) is 11.9. The largest absolute Gasteiger partial charge is 0.461 e. The zero-order valence-corrected chi connectivity index (χ0v) is 12.5. The van der Waals surface area contributed by atoms with Crippen LogP contribution < -0.4 is 5.32 Å². The highest BCUT2D eigenvalue weighted by atomic mass is 16.5. The van der Waals surface area contributed by atoms with E-state index in [9.17, 15) is 4.79 Å². The van der Waals surface area contributed by atoms with Gasteiger partial charge < -0.3 is 10.1 Å². The monoisotopic (exact) mass is 275 g/mol. The number of carbonyl (C=O) groups excluding carboxylic acids is 1. The molecule has 2 unspecified atom stereocenters. The molecule has 3 heteroatoms. The Kier molecular flexibility index (Phi) is 5.45. The van der Waals surface area contributed by atoms with Gasteiger partial charge in [0.25, 0.3) is 0 Å². The first-order valence-corrected chi connectivity index (χ1v) is 7.69. The molecule has 3 nitrogen and oxygen atoms in total. The van der Waals surface area contributed by atoms with Gasteiger partial charge in [-0.05, 0) is 50.7 Å². The lowest BCUT2D eigenvalue weighted by molar-refractivity contribution is -0.151. The second kappa shape index (κ2) is 7.32. The van der Waals surface area contributed by atoms with Crippen LogP contribution in [0.15, 0.2) is 24.3 Å². The van der Waals surface area contributed by atoms with Crippen LogP contribution in [-0.4, -0.2) is 18.6 Å². The number of hydrogen-bond donors (Lipinski definition) is 1. The number of esters is 1. The first-order valence-electron chi connectivity index (χ1n) is 7.69. The number of rotatable bonds is 5. The van der Waals surface area contributed by atoms with Crippen molar-refractivity contribution in [2.24, 2.45) is 5.92 Å². The lowest BCUT2D eigenvalue weighted by Crippen LogP contribution is -2.31. The van der Waals surface area contributed by atoms with E-state index in [0.29, 0.717) is 5.92 Å². The van der Waals surface area contributed by atoms with Crippen LogP contribution in [0.25, 0.3) is 0 Å². The Morgan fingerprint density at radius 1 is 1.25 bits per heavy atom. The Labute approximate surface area is 121 Å². The molecule has 1 N–H and O–H groups in total. The van der Waals surface area contributed by atoms with Gasteiger partial charge in [-0.3, -0.25) is 4.79 Å². The van der Waals surface area contributed by atoms with E-state index in [1.807, 2.05) is 31.2 Å². The van der Waals surface area contributed by atoms with Crippen LogP contribution in [0.1, 0.15) is 44.6 Å². The van der Waals surface area contributed by atoms with Gasteiger partial charge in [0.1, 0.15) is 12.6 Å². The van der Waals surface area contributed by atoms with Crippen LogP contribution in [0.4, 0.5) is 5.69 Å². The highest BCUT2D eigenvalue weighted by Gasteiger charge is 2.26. The summed E-state index contributed by atoms with van der Waals surface area (Å²) in [6.45, 7) is 4.48. The molecule has 0 aromatic heterocycles. The minimum absolute atomic E-state index is 0.126. The molecule has 1 aromatic rings. The lowest BCUT2D eigenvalue weighted by Gasteiger charge is -2.30. The highest BCUT2D eigenvalue weighted by Crippen LogP contribution is 2.29. The summed E-state index contributed by atoms with van der Waals surface area (Å²) in [7, 11) is 0. The normalized spacial score (nSPS) is 22.3. The summed E-state index contributed by atoms with van der Waals surface area (Å²) in [5.74, 6) is 0.406. The summed E-state index contributed by atoms with van der Waals surface area (Å²) in [5.41, 5.74) is 2.18. The molecule has 2 rings (SSSR count). The van der Waals surface area contributed by atoms with Gasteiger partial charge in [-0.1, -0.05) is 31.0 Å². The van der Waals surface area contributed by atoms with Gasteiger partial charge in [-0.15, -0.1) is 0 Å². The number of carbonyl (C=O) groups is 1. The molecule has 0 radical (unpaired) electrons. The van der Waals surface area contributed by atoms with Crippen molar-refractivity contribution in [2.45, 2.75) is 52.1 Å². The number of anilines is 1. The molecule has 20 heavy (non-hydrogen) atoms. The molecule has 0 bridgehead atoms. The van der Waals surface area contributed by atoms with E-state index in [1.165, 1.54) is 24.8 Å². The van der Waals surface area contributed by atoms with Crippen LogP contribution in [0.2, 0.25) is 0 Å². The zero-order valence-electron chi connectivity index (χ0n) is 12.5. The maximum absolute atomic E-state index is 11.9. The molecule has 0 amide bonds. The number of ether oxygens (including phenoxy) is 1. The van der Waals surface area contributed by atoms with Crippen molar-refractivity contribution in [1.82, 2.24) is 0 Å². The Hall–Kier alpha value is -1.51. The first kappa shape index (κ1) is 14.9. The van der Waals surface area contributed by atoms with Crippen LogP contribution in [-0.2, 0) is 9.53 Å². The molecule has 0 aliphatic heterocycles. The van der Waals surface area contributed by atoms with Gasteiger partial charge in [0, 0.05) is 5.69 Å². The summed E-state index contributed by atoms with van der Waals surface area (Å²) in [6, 6.07) is 8.03. The second-order valence-electron chi connectivity index (χ2n) is 5.70. The third-order valence-corrected chi connectivity index (χ3v) is 4.13. The summed E-state index contributed by atoms with van der Waals surface area (Å²) in [5, 5.41) is 3.12. The number of aryl methyl sites for hydroxylation is 1. The molecule has 1 aliphatic carbocycles. The molecule has 110 valence electrons. The van der Waals surface area contributed by atoms with Crippen molar-refractivity contribution in [3.05, 3.63) is 29.8 Å². The fraction of sp³-hybridized carbons (Fsp3) is 0.588. The van der Waals surface area contributed by atoms with Crippen molar-refractivity contribution < 1.29 is 9.53 Å². The van der Waals surface area contributed by atoms with Gasteiger partial charge in [-0.25, -0.2) is 0 Å². The predicted octanol–water partition coefficient (Wildman–Crippen LogP) is 3.92. The van der Waals surface area contributed by atoms with Crippen LogP contribution in [0, 0.1) is 12.8 Å². The summed E-state index contributed by atoms with van der Waals surface area (Å²) >= 11 is 0. The molecule has 1 aromatic carbocycles. The summed E-state index contributed by atoms with van der Waals surface area (Å²) in [6.07, 6.45) is 5.90. The second-order valence-corrected chi connectivity index (χ2v) is 5.70. The molecular formula is C17H25NO2. The average Bonchev–Trinajstić information content (AvgIpc) is 2.47. The van der Waals surface area contributed by atoms with Gasteiger partial charge >= 0.3 is 5.97 Å². The Morgan fingerprint density at radius 3 is 2.65 bits per heavy atom. The third-order valence-electron chi connectivity index (χ3n) is 4.13. The Morgan fingerprint density at radius 2 is 1.95 bits per heavy atom. The molecule has 2 atom stereocenters. The predicted molar refractivity (Wildman–Crippen MR) is 81.8 cm³/mol. The maximum atomic E-state index is 11.9. The van der Waals surface area contributed by atoms with E-state index in [-0.39, 0.29) is 18.6 Å². The first-order chi connectivity index (χ1) is 9.69. The van der Waals surface area contributed by atoms with Crippen LogP contribution in [0.3, 0.4) is 0 Å². The van der Waals surface area contributed by atoms with Crippen molar-refractivity contribution in [1.29, 1.82) is 0 Å². The van der Waals surface area contributed by atoms with E-state index >= 15 is 0 Å². The smallest absolute Gasteiger partial charge is 0.325 e. The fourth-order valence-electron chi connectivity index (χ4n) is 2.85. The van der Waals surface area contributed by atoms with E-state index in [2.05, 4.69) is 12.2 Å². The third kappa shape index (κ3) is 4.26. The van der Waals surface area contributed by atoms with E-state index < -0.39 is 0 Å². The maximum Gasteiger partial charge on any atom is 0.325 e. The Bertz CT molecular complexity index is 427. The van der Waals surface area contributed by atoms with E-state index in [4.69, 9.17) is 4.74 Å². The van der Waals surface area contributed by atoms with Gasteiger partial charge in [0.15, 0.2) is 0 Å².